The van der Waals surface area contributed by atoms with E-state index in [1.165, 1.54) is 5.69 Å². The third-order valence-corrected chi connectivity index (χ3v) is 4.33. The molecule has 0 atom stereocenters. The van der Waals surface area contributed by atoms with Gasteiger partial charge in [0, 0.05) is 36.8 Å². The lowest BCUT2D eigenvalue weighted by Gasteiger charge is -2.15. The second kappa shape index (κ2) is 6.86. The molecule has 0 saturated carbocycles. The van der Waals surface area contributed by atoms with E-state index in [2.05, 4.69) is 15.6 Å². The number of rotatable bonds is 4. The standard InChI is InChI=1S/C19H19N5O/c25-19(14-6-2-1-3-7-14)22-13-16-15-12-20-11-9-17(15)24(23-16)18-8-4-5-10-21-18/h1-8,10,20H,9,11-13H2,(H,22,25). The zero-order chi connectivity index (χ0) is 17.1. The van der Waals surface area contributed by atoms with Crippen molar-refractivity contribution in [1.82, 2.24) is 25.4 Å². The number of hydrogen-bond acceptors (Lipinski definition) is 4. The van der Waals surface area contributed by atoms with Crippen molar-refractivity contribution >= 4 is 5.91 Å². The number of carbonyl (C=O) groups is 1. The van der Waals surface area contributed by atoms with Crippen molar-refractivity contribution in [3.8, 4) is 5.82 Å². The second-order valence-electron chi connectivity index (χ2n) is 5.95. The van der Waals surface area contributed by atoms with E-state index in [1.807, 2.05) is 41.1 Å². The monoisotopic (exact) mass is 333 g/mol. The number of benzene rings is 1. The molecule has 126 valence electrons. The molecule has 6 nitrogen and oxygen atoms in total. The number of aromatic nitrogens is 3. The molecule has 0 unspecified atom stereocenters. The highest BCUT2D eigenvalue weighted by atomic mass is 16.1. The lowest BCUT2D eigenvalue weighted by Crippen LogP contribution is -2.27. The molecule has 0 aliphatic carbocycles. The Hall–Kier alpha value is -2.99. The molecule has 1 amide bonds. The Labute approximate surface area is 145 Å². The fourth-order valence-electron chi connectivity index (χ4n) is 3.08. The summed E-state index contributed by atoms with van der Waals surface area (Å²) in [4.78, 5) is 16.7. The summed E-state index contributed by atoms with van der Waals surface area (Å²) in [6.45, 7) is 2.08. The second-order valence-corrected chi connectivity index (χ2v) is 5.95. The molecule has 2 aromatic heterocycles. The van der Waals surface area contributed by atoms with Crippen LogP contribution in [0.25, 0.3) is 5.82 Å². The average Bonchev–Trinajstić information content (AvgIpc) is 3.06. The number of fused-ring (bicyclic) bond motifs is 1. The van der Waals surface area contributed by atoms with Gasteiger partial charge in [-0.15, -0.1) is 0 Å². The zero-order valence-electron chi connectivity index (χ0n) is 13.8. The lowest BCUT2D eigenvalue weighted by atomic mass is 10.1. The van der Waals surface area contributed by atoms with Crippen LogP contribution in [0.4, 0.5) is 0 Å². The molecule has 1 aromatic carbocycles. The van der Waals surface area contributed by atoms with Crippen LogP contribution in [0.5, 0.6) is 0 Å². The Kier molecular flexibility index (Phi) is 4.26. The van der Waals surface area contributed by atoms with Crippen molar-refractivity contribution < 1.29 is 4.79 Å². The number of nitrogens with zero attached hydrogens (tertiary/aromatic N) is 3. The lowest BCUT2D eigenvalue weighted by molar-refractivity contribution is 0.0950. The Balaban J connectivity index is 1.60. The molecule has 1 aliphatic heterocycles. The van der Waals surface area contributed by atoms with Crippen LogP contribution in [0.1, 0.15) is 27.3 Å². The molecule has 3 aromatic rings. The molecule has 2 N–H and O–H groups in total. The van der Waals surface area contributed by atoms with Crippen LogP contribution in [0.2, 0.25) is 0 Å². The van der Waals surface area contributed by atoms with E-state index in [0.717, 1.165) is 36.6 Å². The normalized spacial score (nSPS) is 13.3. The molecule has 1 aliphatic rings. The largest absolute Gasteiger partial charge is 0.346 e. The van der Waals surface area contributed by atoms with Crippen LogP contribution in [0, 0.1) is 0 Å². The van der Waals surface area contributed by atoms with Gasteiger partial charge in [-0.2, -0.15) is 5.10 Å². The van der Waals surface area contributed by atoms with Crippen LogP contribution >= 0.6 is 0 Å². The topological polar surface area (TPSA) is 71.8 Å². The Morgan fingerprint density at radius 2 is 2.00 bits per heavy atom. The first kappa shape index (κ1) is 15.5. The molecule has 0 bridgehead atoms. The summed E-state index contributed by atoms with van der Waals surface area (Å²) >= 11 is 0. The van der Waals surface area contributed by atoms with Crippen molar-refractivity contribution in [2.45, 2.75) is 19.5 Å². The fraction of sp³-hybridized carbons (Fsp3) is 0.211. The maximum atomic E-state index is 12.3. The van der Waals surface area contributed by atoms with E-state index in [9.17, 15) is 4.79 Å². The summed E-state index contributed by atoms with van der Waals surface area (Å²) in [6.07, 6.45) is 2.66. The number of carbonyl (C=O) groups excluding carboxylic acids is 1. The minimum Gasteiger partial charge on any atom is -0.346 e. The van der Waals surface area contributed by atoms with E-state index in [0.29, 0.717) is 12.1 Å². The molecule has 6 heteroatoms. The van der Waals surface area contributed by atoms with Gasteiger partial charge in [-0.05, 0) is 24.3 Å². The number of pyridine rings is 1. The number of nitrogens with one attached hydrogen (secondary N) is 2. The molecule has 4 rings (SSSR count). The first-order valence-corrected chi connectivity index (χ1v) is 8.38. The van der Waals surface area contributed by atoms with Crippen LogP contribution in [0.15, 0.2) is 54.7 Å². The van der Waals surface area contributed by atoms with Gasteiger partial charge in [-0.3, -0.25) is 4.79 Å². The molecule has 0 saturated heterocycles. The maximum absolute atomic E-state index is 12.3. The predicted molar refractivity (Wildman–Crippen MR) is 94.4 cm³/mol. The zero-order valence-corrected chi connectivity index (χ0v) is 13.8. The number of hydrogen-bond donors (Lipinski definition) is 2. The van der Waals surface area contributed by atoms with Gasteiger partial charge in [-0.1, -0.05) is 24.3 Å². The number of amides is 1. The first-order valence-electron chi connectivity index (χ1n) is 8.38. The summed E-state index contributed by atoms with van der Waals surface area (Å²) in [5.74, 6) is 0.715. The van der Waals surface area contributed by atoms with E-state index in [4.69, 9.17) is 5.10 Å². The molecule has 0 radical (unpaired) electrons. The van der Waals surface area contributed by atoms with E-state index >= 15 is 0 Å². The SMILES string of the molecule is O=C(NCc1nn(-c2ccccn2)c2c1CNCC2)c1ccccc1. The van der Waals surface area contributed by atoms with Crippen molar-refractivity contribution in [1.29, 1.82) is 0 Å². The van der Waals surface area contributed by atoms with Gasteiger partial charge in [0.2, 0.25) is 0 Å². The Morgan fingerprint density at radius 3 is 2.80 bits per heavy atom. The summed E-state index contributed by atoms with van der Waals surface area (Å²) < 4.78 is 1.90. The summed E-state index contributed by atoms with van der Waals surface area (Å²) in [6, 6.07) is 15.0. The average molecular weight is 333 g/mol. The van der Waals surface area contributed by atoms with E-state index < -0.39 is 0 Å². The van der Waals surface area contributed by atoms with Gasteiger partial charge in [-0.25, -0.2) is 9.67 Å². The maximum Gasteiger partial charge on any atom is 0.251 e. The van der Waals surface area contributed by atoms with Crippen molar-refractivity contribution in [2.24, 2.45) is 0 Å². The highest BCUT2D eigenvalue weighted by Gasteiger charge is 2.22. The summed E-state index contributed by atoms with van der Waals surface area (Å²) in [7, 11) is 0. The first-order chi connectivity index (χ1) is 12.3. The third-order valence-electron chi connectivity index (χ3n) is 4.33. The quantitative estimate of drug-likeness (QED) is 0.764. The predicted octanol–water partition coefficient (Wildman–Crippen LogP) is 1.84. The van der Waals surface area contributed by atoms with Crippen molar-refractivity contribution in [3.63, 3.8) is 0 Å². The van der Waals surface area contributed by atoms with E-state index in [1.54, 1.807) is 18.3 Å². The van der Waals surface area contributed by atoms with E-state index in [-0.39, 0.29) is 5.91 Å². The van der Waals surface area contributed by atoms with Gasteiger partial charge >= 0.3 is 0 Å². The smallest absolute Gasteiger partial charge is 0.251 e. The van der Waals surface area contributed by atoms with Gasteiger partial charge in [0.15, 0.2) is 5.82 Å². The Morgan fingerprint density at radius 1 is 1.16 bits per heavy atom. The van der Waals surface area contributed by atoms with Gasteiger partial charge in [0.05, 0.1) is 17.9 Å². The molecule has 3 heterocycles. The summed E-state index contributed by atoms with van der Waals surface area (Å²) in [5, 5.41) is 11.1. The highest BCUT2D eigenvalue weighted by molar-refractivity contribution is 5.94. The minimum atomic E-state index is -0.0921. The molecular formula is C19H19N5O. The van der Waals surface area contributed by atoms with Crippen LogP contribution in [-0.2, 0) is 19.5 Å². The molecule has 0 fully saturated rings. The van der Waals surface area contributed by atoms with Crippen LogP contribution < -0.4 is 10.6 Å². The molecule has 0 spiro atoms. The molecule has 25 heavy (non-hydrogen) atoms. The van der Waals surface area contributed by atoms with Crippen molar-refractivity contribution in [2.75, 3.05) is 6.54 Å². The van der Waals surface area contributed by atoms with Gasteiger partial charge < -0.3 is 10.6 Å². The minimum absolute atomic E-state index is 0.0921. The third kappa shape index (κ3) is 3.16. The fourth-order valence-corrected chi connectivity index (χ4v) is 3.08. The van der Waals surface area contributed by atoms with Gasteiger partial charge in [0.25, 0.3) is 5.91 Å². The van der Waals surface area contributed by atoms with Crippen molar-refractivity contribution in [3.05, 3.63) is 77.2 Å². The van der Waals surface area contributed by atoms with Crippen LogP contribution in [0.3, 0.4) is 0 Å². The van der Waals surface area contributed by atoms with Crippen LogP contribution in [-0.4, -0.2) is 27.2 Å². The Bertz CT molecular complexity index is 874. The highest BCUT2D eigenvalue weighted by Crippen LogP contribution is 2.21. The van der Waals surface area contributed by atoms with Gasteiger partial charge in [0.1, 0.15) is 0 Å². The molecular weight excluding hydrogens is 314 g/mol. The summed E-state index contributed by atoms with van der Waals surface area (Å²) in [5.41, 5.74) is 3.86.